The first kappa shape index (κ1) is 12.7. The van der Waals surface area contributed by atoms with Gasteiger partial charge < -0.3 is 10.3 Å². The number of nitro benzene ring substituents is 1. The Kier molecular flexibility index (Phi) is 3.28. The maximum absolute atomic E-state index is 11.1. The number of hydrogen-bond acceptors (Lipinski definition) is 4. The fraction of sp³-hybridized carbons (Fsp3) is 0.167. The lowest BCUT2D eigenvalue weighted by Crippen LogP contribution is -2.14. The SMILES string of the molecule is CC(c1ccc(C(N)=O)c([N+](=O)[O-])c1)n1ccnc1. The summed E-state index contributed by atoms with van der Waals surface area (Å²) in [6, 6.07) is 4.27. The Morgan fingerprint density at radius 3 is 2.79 bits per heavy atom. The molecule has 0 saturated carbocycles. The average molecular weight is 260 g/mol. The Labute approximate surface area is 108 Å². The number of carbonyl (C=O) groups excluding carboxylic acids is 1. The molecule has 7 nitrogen and oxygen atoms in total. The molecular formula is C12H12N4O3. The van der Waals surface area contributed by atoms with E-state index in [0.29, 0.717) is 5.56 Å². The van der Waals surface area contributed by atoms with Crippen molar-refractivity contribution < 1.29 is 9.72 Å². The lowest BCUT2D eigenvalue weighted by atomic mass is 10.0. The highest BCUT2D eigenvalue weighted by molar-refractivity contribution is 5.97. The van der Waals surface area contributed by atoms with Crippen LogP contribution in [-0.2, 0) is 0 Å². The number of nitro groups is 1. The van der Waals surface area contributed by atoms with Crippen molar-refractivity contribution in [3.05, 3.63) is 58.2 Å². The molecule has 19 heavy (non-hydrogen) atoms. The number of hydrogen-bond donors (Lipinski definition) is 1. The summed E-state index contributed by atoms with van der Waals surface area (Å²) in [5, 5.41) is 11.0. The van der Waals surface area contributed by atoms with Gasteiger partial charge in [0.25, 0.3) is 11.6 Å². The van der Waals surface area contributed by atoms with Crippen LogP contribution in [0.3, 0.4) is 0 Å². The highest BCUT2D eigenvalue weighted by Gasteiger charge is 2.20. The molecule has 98 valence electrons. The van der Waals surface area contributed by atoms with Crippen LogP contribution in [0.1, 0.15) is 28.9 Å². The van der Waals surface area contributed by atoms with Gasteiger partial charge in [0.1, 0.15) is 5.56 Å². The van der Waals surface area contributed by atoms with Gasteiger partial charge in [0, 0.05) is 18.5 Å². The van der Waals surface area contributed by atoms with E-state index in [1.54, 1.807) is 24.8 Å². The minimum absolute atomic E-state index is 0.0911. The van der Waals surface area contributed by atoms with Crippen LogP contribution in [0.25, 0.3) is 0 Å². The van der Waals surface area contributed by atoms with Crippen LogP contribution < -0.4 is 5.73 Å². The molecule has 0 radical (unpaired) electrons. The lowest BCUT2D eigenvalue weighted by Gasteiger charge is -2.13. The van der Waals surface area contributed by atoms with Gasteiger partial charge in [0.05, 0.1) is 17.3 Å². The van der Waals surface area contributed by atoms with E-state index in [4.69, 9.17) is 5.73 Å². The molecule has 0 spiro atoms. The van der Waals surface area contributed by atoms with E-state index < -0.39 is 10.8 Å². The average Bonchev–Trinajstić information content (AvgIpc) is 2.90. The van der Waals surface area contributed by atoms with Crippen LogP contribution in [-0.4, -0.2) is 20.4 Å². The van der Waals surface area contributed by atoms with Crippen LogP contribution in [0, 0.1) is 10.1 Å². The highest BCUT2D eigenvalue weighted by Crippen LogP contribution is 2.25. The standard InChI is InChI=1S/C12H12N4O3/c1-8(15-5-4-14-7-15)9-2-3-10(12(13)17)11(6-9)16(18)19/h2-8H,1H3,(H2,13,17). The van der Waals surface area contributed by atoms with Crippen molar-refractivity contribution in [3.63, 3.8) is 0 Å². The summed E-state index contributed by atoms with van der Waals surface area (Å²) < 4.78 is 1.81. The predicted octanol–water partition coefficient (Wildman–Crippen LogP) is 1.50. The number of imidazole rings is 1. The zero-order valence-corrected chi connectivity index (χ0v) is 10.2. The normalized spacial score (nSPS) is 12.1. The molecule has 1 aromatic heterocycles. The van der Waals surface area contributed by atoms with Gasteiger partial charge >= 0.3 is 0 Å². The topological polar surface area (TPSA) is 104 Å². The Balaban J connectivity index is 2.46. The van der Waals surface area contributed by atoms with E-state index in [1.165, 1.54) is 12.1 Å². The molecule has 1 heterocycles. The summed E-state index contributed by atoms with van der Waals surface area (Å²) in [5.41, 5.74) is 5.45. The van der Waals surface area contributed by atoms with Gasteiger partial charge in [-0.15, -0.1) is 0 Å². The van der Waals surface area contributed by atoms with E-state index >= 15 is 0 Å². The van der Waals surface area contributed by atoms with Crippen molar-refractivity contribution in [2.45, 2.75) is 13.0 Å². The molecule has 0 aliphatic rings. The Morgan fingerprint density at radius 1 is 1.53 bits per heavy atom. The van der Waals surface area contributed by atoms with Crippen molar-refractivity contribution in [2.24, 2.45) is 5.73 Å². The molecule has 0 aliphatic carbocycles. The van der Waals surface area contributed by atoms with E-state index in [0.717, 1.165) is 0 Å². The Hall–Kier alpha value is -2.70. The fourth-order valence-electron chi connectivity index (χ4n) is 1.84. The number of benzene rings is 1. The third kappa shape index (κ3) is 2.44. The second-order valence-electron chi connectivity index (χ2n) is 4.08. The zero-order chi connectivity index (χ0) is 14.0. The number of nitrogens with two attached hydrogens (primary N) is 1. The number of carbonyl (C=O) groups is 1. The number of primary amides is 1. The quantitative estimate of drug-likeness (QED) is 0.664. The van der Waals surface area contributed by atoms with E-state index in [2.05, 4.69) is 4.98 Å². The molecule has 0 fully saturated rings. The predicted molar refractivity (Wildman–Crippen MR) is 67.7 cm³/mol. The number of rotatable bonds is 4. The number of amides is 1. The number of nitrogens with zero attached hydrogens (tertiary/aromatic N) is 3. The lowest BCUT2D eigenvalue weighted by molar-refractivity contribution is -0.385. The first-order valence-electron chi connectivity index (χ1n) is 5.56. The first-order chi connectivity index (χ1) is 9.00. The van der Waals surface area contributed by atoms with Crippen molar-refractivity contribution in [1.29, 1.82) is 0 Å². The second kappa shape index (κ2) is 4.89. The number of aromatic nitrogens is 2. The minimum atomic E-state index is -0.812. The molecule has 1 unspecified atom stereocenters. The van der Waals surface area contributed by atoms with Crippen molar-refractivity contribution >= 4 is 11.6 Å². The zero-order valence-electron chi connectivity index (χ0n) is 10.2. The molecule has 0 saturated heterocycles. The minimum Gasteiger partial charge on any atom is -0.365 e. The van der Waals surface area contributed by atoms with E-state index in [9.17, 15) is 14.9 Å². The van der Waals surface area contributed by atoms with Crippen LogP contribution in [0.2, 0.25) is 0 Å². The van der Waals surface area contributed by atoms with Gasteiger partial charge in [-0.3, -0.25) is 14.9 Å². The van der Waals surface area contributed by atoms with Gasteiger partial charge in [0.15, 0.2) is 0 Å². The third-order valence-corrected chi connectivity index (χ3v) is 2.94. The fourth-order valence-corrected chi connectivity index (χ4v) is 1.84. The first-order valence-corrected chi connectivity index (χ1v) is 5.56. The molecule has 1 atom stereocenters. The Bertz CT molecular complexity index is 622. The third-order valence-electron chi connectivity index (χ3n) is 2.94. The molecule has 0 aliphatic heterocycles. The maximum Gasteiger partial charge on any atom is 0.282 e. The van der Waals surface area contributed by atoms with Crippen molar-refractivity contribution in [1.82, 2.24) is 9.55 Å². The summed E-state index contributed by atoms with van der Waals surface area (Å²) in [6.45, 7) is 1.88. The summed E-state index contributed by atoms with van der Waals surface area (Å²) >= 11 is 0. The van der Waals surface area contributed by atoms with Crippen LogP contribution in [0.4, 0.5) is 5.69 Å². The maximum atomic E-state index is 11.1. The largest absolute Gasteiger partial charge is 0.365 e. The summed E-state index contributed by atoms with van der Waals surface area (Å²) in [6.07, 6.45) is 5.01. The van der Waals surface area contributed by atoms with Crippen molar-refractivity contribution in [2.75, 3.05) is 0 Å². The Morgan fingerprint density at radius 2 is 2.26 bits per heavy atom. The molecule has 7 heteroatoms. The highest BCUT2D eigenvalue weighted by atomic mass is 16.6. The summed E-state index contributed by atoms with van der Waals surface area (Å²) in [7, 11) is 0. The van der Waals surface area contributed by atoms with Gasteiger partial charge in [-0.05, 0) is 18.6 Å². The molecular weight excluding hydrogens is 248 g/mol. The van der Waals surface area contributed by atoms with Gasteiger partial charge in [-0.2, -0.15) is 0 Å². The van der Waals surface area contributed by atoms with Gasteiger partial charge in [-0.1, -0.05) is 6.07 Å². The molecule has 1 aromatic carbocycles. The van der Waals surface area contributed by atoms with Crippen LogP contribution >= 0.6 is 0 Å². The smallest absolute Gasteiger partial charge is 0.282 e. The molecule has 0 bridgehead atoms. The monoisotopic (exact) mass is 260 g/mol. The summed E-state index contributed by atoms with van der Waals surface area (Å²) in [5.74, 6) is -0.812. The van der Waals surface area contributed by atoms with Crippen LogP contribution in [0.15, 0.2) is 36.9 Å². The molecule has 1 amide bonds. The summed E-state index contributed by atoms with van der Waals surface area (Å²) in [4.78, 5) is 25.4. The van der Waals surface area contributed by atoms with E-state index in [-0.39, 0.29) is 17.3 Å². The molecule has 2 aromatic rings. The van der Waals surface area contributed by atoms with Gasteiger partial charge in [-0.25, -0.2) is 4.98 Å². The van der Waals surface area contributed by atoms with Crippen molar-refractivity contribution in [3.8, 4) is 0 Å². The van der Waals surface area contributed by atoms with Crippen LogP contribution in [0.5, 0.6) is 0 Å². The van der Waals surface area contributed by atoms with E-state index in [1.807, 2.05) is 11.5 Å². The molecule has 2 N–H and O–H groups in total. The second-order valence-corrected chi connectivity index (χ2v) is 4.08. The van der Waals surface area contributed by atoms with Gasteiger partial charge in [0.2, 0.25) is 0 Å². The molecule has 2 rings (SSSR count).